The molecule has 0 aliphatic heterocycles. The van der Waals surface area contributed by atoms with Crippen molar-refractivity contribution in [1.82, 2.24) is 9.38 Å². The van der Waals surface area contributed by atoms with E-state index in [1.807, 2.05) is 6.20 Å². The van der Waals surface area contributed by atoms with Crippen LogP contribution in [0, 0.1) is 13.8 Å². The standard InChI is InChI=1S/C10H13N3/c1-7-3-10-12-5-9(4-11)8(2)13(10)6-7/h3,5-6H,4,11H2,1-2H3. The first-order valence-electron chi connectivity index (χ1n) is 4.35. The van der Waals surface area contributed by atoms with Crippen LogP contribution in [0.1, 0.15) is 16.8 Å². The summed E-state index contributed by atoms with van der Waals surface area (Å²) >= 11 is 0. The lowest BCUT2D eigenvalue weighted by Crippen LogP contribution is -2.04. The fourth-order valence-corrected chi connectivity index (χ4v) is 1.54. The number of aryl methyl sites for hydroxylation is 2. The van der Waals surface area contributed by atoms with Crippen molar-refractivity contribution in [2.75, 3.05) is 0 Å². The smallest absolute Gasteiger partial charge is 0.137 e. The molecule has 0 aromatic carbocycles. The quantitative estimate of drug-likeness (QED) is 0.712. The van der Waals surface area contributed by atoms with E-state index in [0.717, 1.165) is 11.2 Å². The number of aromatic nitrogens is 2. The van der Waals surface area contributed by atoms with Gasteiger partial charge in [0.2, 0.25) is 0 Å². The van der Waals surface area contributed by atoms with Gasteiger partial charge in [-0.15, -0.1) is 0 Å². The molecule has 2 aromatic heterocycles. The second-order valence-electron chi connectivity index (χ2n) is 3.32. The van der Waals surface area contributed by atoms with Gasteiger partial charge in [0.05, 0.1) is 0 Å². The fraction of sp³-hybridized carbons (Fsp3) is 0.300. The molecule has 2 N–H and O–H groups in total. The summed E-state index contributed by atoms with van der Waals surface area (Å²) in [5.41, 5.74) is 10.1. The molecular weight excluding hydrogens is 162 g/mol. The third-order valence-corrected chi connectivity index (χ3v) is 2.33. The summed E-state index contributed by atoms with van der Waals surface area (Å²) in [4.78, 5) is 4.32. The van der Waals surface area contributed by atoms with Gasteiger partial charge in [-0.1, -0.05) is 0 Å². The van der Waals surface area contributed by atoms with Gasteiger partial charge in [0.1, 0.15) is 5.65 Å². The molecule has 2 heterocycles. The third kappa shape index (κ3) is 1.21. The Morgan fingerprint density at radius 3 is 2.92 bits per heavy atom. The molecule has 13 heavy (non-hydrogen) atoms. The van der Waals surface area contributed by atoms with Crippen LogP contribution in [0.2, 0.25) is 0 Å². The van der Waals surface area contributed by atoms with Crippen LogP contribution in [-0.2, 0) is 6.54 Å². The fourth-order valence-electron chi connectivity index (χ4n) is 1.54. The monoisotopic (exact) mass is 175 g/mol. The zero-order valence-corrected chi connectivity index (χ0v) is 7.91. The Balaban J connectivity index is 2.78. The lowest BCUT2D eigenvalue weighted by Gasteiger charge is -2.04. The molecule has 68 valence electrons. The van der Waals surface area contributed by atoms with E-state index in [0.29, 0.717) is 6.54 Å². The summed E-state index contributed by atoms with van der Waals surface area (Å²) in [6.07, 6.45) is 3.93. The van der Waals surface area contributed by atoms with E-state index >= 15 is 0 Å². The Morgan fingerprint density at radius 2 is 2.23 bits per heavy atom. The van der Waals surface area contributed by atoms with E-state index in [-0.39, 0.29) is 0 Å². The van der Waals surface area contributed by atoms with E-state index in [4.69, 9.17) is 5.73 Å². The van der Waals surface area contributed by atoms with Crippen LogP contribution < -0.4 is 5.73 Å². The summed E-state index contributed by atoms with van der Waals surface area (Å²) < 4.78 is 2.08. The number of hydrogen-bond acceptors (Lipinski definition) is 2. The summed E-state index contributed by atoms with van der Waals surface area (Å²) in [5, 5.41) is 0. The van der Waals surface area contributed by atoms with Crippen molar-refractivity contribution < 1.29 is 0 Å². The Morgan fingerprint density at radius 1 is 1.46 bits per heavy atom. The first kappa shape index (κ1) is 8.26. The van der Waals surface area contributed by atoms with Crippen LogP contribution in [-0.4, -0.2) is 9.38 Å². The lowest BCUT2D eigenvalue weighted by molar-refractivity contribution is 0.949. The Kier molecular flexibility index (Phi) is 1.81. The number of rotatable bonds is 1. The number of nitrogens with two attached hydrogens (primary N) is 1. The summed E-state index contributed by atoms with van der Waals surface area (Å²) in [6, 6.07) is 2.06. The maximum absolute atomic E-state index is 5.60. The van der Waals surface area contributed by atoms with Gasteiger partial charge in [-0.3, -0.25) is 0 Å². The SMILES string of the molecule is Cc1cc2ncc(CN)c(C)n2c1. The molecule has 0 unspecified atom stereocenters. The second-order valence-corrected chi connectivity index (χ2v) is 3.32. The van der Waals surface area contributed by atoms with Gasteiger partial charge in [0.25, 0.3) is 0 Å². The van der Waals surface area contributed by atoms with E-state index in [9.17, 15) is 0 Å². The van der Waals surface area contributed by atoms with Crippen molar-refractivity contribution in [3.8, 4) is 0 Å². The molecule has 2 rings (SSSR count). The van der Waals surface area contributed by atoms with Crippen molar-refractivity contribution in [3.05, 3.63) is 35.3 Å². The molecule has 3 heteroatoms. The third-order valence-electron chi connectivity index (χ3n) is 2.33. The maximum atomic E-state index is 5.60. The van der Waals surface area contributed by atoms with Crippen LogP contribution in [0.15, 0.2) is 18.5 Å². The van der Waals surface area contributed by atoms with Crippen LogP contribution >= 0.6 is 0 Å². The summed E-state index contributed by atoms with van der Waals surface area (Å²) in [5.74, 6) is 0. The summed E-state index contributed by atoms with van der Waals surface area (Å²) in [6.45, 7) is 4.68. The molecule has 0 saturated heterocycles. The molecular formula is C10H13N3. The van der Waals surface area contributed by atoms with Gasteiger partial charge in [-0.05, 0) is 25.5 Å². The zero-order valence-electron chi connectivity index (χ0n) is 7.91. The minimum absolute atomic E-state index is 0.548. The lowest BCUT2D eigenvalue weighted by atomic mass is 10.2. The number of hydrogen-bond donors (Lipinski definition) is 1. The summed E-state index contributed by atoms with van der Waals surface area (Å²) in [7, 11) is 0. The van der Waals surface area contributed by atoms with E-state index < -0.39 is 0 Å². The molecule has 2 aromatic rings. The average Bonchev–Trinajstić information content (AvgIpc) is 2.47. The maximum Gasteiger partial charge on any atom is 0.137 e. The molecule has 0 fully saturated rings. The topological polar surface area (TPSA) is 43.3 Å². The van der Waals surface area contributed by atoms with Gasteiger partial charge in [0.15, 0.2) is 0 Å². The molecule has 0 amide bonds. The van der Waals surface area contributed by atoms with Crippen molar-refractivity contribution in [1.29, 1.82) is 0 Å². The van der Waals surface area contributed by atoms with Crippen molar-refractivity contribution in [2.24, 2.45) is 5.73 Å². The molecule has 0 atom stereocenters. The normalized spacial score (nSPS) is 11.0. The molecule has 0 saturated carbocycles. The van der Waals surface area contributed by atoms with Crippen LogP contribution in [0.5, 0.6) is 0 Å². The highest BCUT2D eigenvalue weighted by Gasteiger charge is 2.03. The highest BCUT2D eigenvalue weighted by atomic mass is 15.0. The van der Waals surface area contributed by atoms with Gasteiger partial charge < -0.3 is 10.1 Å². The Bertz CT molecular complexity index is 443. The minimum Gasteiger partial charge on any atom is -0.326 e. The minimum atomic E-state index is 0.548. The van der Waals surface area contributed by atoms with Gasteiger partial charge in [-0.25, -0.2) is 4.98 Å². The molecule has 3 nitrogen and oxygen atoms in total. The van der Waals surface area contributed by atoms with Crippen molar-refractivity contribution in [3.63, 3.8) is 0 Å². The number of nitrogens with zero attached hydrogens (tertiary/aromatic N) is 2. The molecule has 0 radical (unpaired) electrons. The van der Waals surface area contributed by atoms with Crippen molar-refractivity contribution >= 4 is 5.65 Å². The first-order valence-corrected chi connectivity index (χ1v) is 4.35. The molecule has 0 spiro atoms. The van der Waals surface area contributed by atoms with Gasteiger partial charge >= 0.3 is 0 Å². The van der Waals surface area contributed by atoms with E-state index in [2.05, 4.69) is 35.5 Å². The number of fused-ring (bicyclic) bond motifs is 1. The zero-order chi connectivity index (χ0) is 9.42. The predicted octanol–water partition coefficient (Wildman–Crippen LogP) is 1.41. The highest BCUT2D eigenvalue weighted by Crippen LogP contribution is 2.12. The van der Waals surface area contributed by atoms with Crippen LogP contribution in [0.4, 0.5) is 0 Å². The Labute approximate surface area is 77.2 Å². The Hall–Kier alpha value is -1.35. The van der Waals surface area contributed by atoms with Crippen LogP contribution in [0.25, 0.3) is 5.65 Å². The predicted molar refractivity (Wildman–Crippen MR) is 52.6 cm³/mol. The average molecular weight is 175 g/mol. The largest absolute Gasteiger partial charge is 0.326 e. The first-order chi connectivity index (χ1) is 6.22. The molecule has 0 bridgehead atoms. The van der Waals surface area contributed by atoms with Crippen molar-refractivity contribution in [2.45, 2.75) is 20.4 Å². The van der Waals surface area contributed by atoms with E-state index in [1.54, 1.807) is 0 Å². The molecule has 0 aliphatic rings. The highest BCUT2D eigenvalue weighted by molar-refractivity contribution is 5.45. The van der Waals surface area contributed by atoms with Gasteiger partial charge in [0, 0.05) is 30.2 Å². The van der Waals surface area contributed by atoms with Crippen LogP contribution in [0.3, 0.4) is 0 Å². The second kappa shape index (κ2) is 2.85. The van der Waals surface area contributed by atoms with E-state index in [1.165, 1.54) is 11.3 Å². The van der Waals surface area contributed by atoms with Gasteiger partial charge in [-0.2, -0.15) is 0 Å². The molecule has 0 aliphatic carbocycles.